The number of likely N-dealkylation sites (tertiary alicyclic amines) is 1. The first-order valence-electron chi connectivity index (χ1n) is 12.7. The van der Waals surface area contributed by atoms with Crippen molar-refractivity contribution in [3.8, 4) is 5.75 Å². The number of carbonyl (C=O) groups excluding carboxylic acids is 2. The normalized spacial score (nSPS) is 23.0. The lowest BCUT2D eigenvalue weighted by Crippen LogP contribution is -2.54. The summed E-state index contributed by atoms with van der Waals surface area (Å²) in [5, 5.41) is 20.8. The third kappa shape index (κ3) is 5.67. The van der Waals surface area contributed by atoms with Crippen molar-refractivity contribution in [2.75, 3.05) is 26.2 Å². The first kappa shape index (κ1) is 27.3. The lowest BCUT2D eigenvalue weighted by atomic mass is 9.88. The van der Waals surface area contributed by atoms with E-state index in [0.717, 1.165) is 17.7 Å². The molecule has 212 valence electrons. The highest BCUT2D eigenvalue weighted by Gasteiger charge is 2.44. The Morgan fingerprint density at radius 3 is 2.73 bits per heavy atom. The maximum absolute atomic E-state index is 13.0. The van der Waals surface area contributed by atoms with Crippen LogP contribution in [0.15, 0.2) is 59.8 Å². The first-order valence-corrected chi connectivity index (χ1v) is 13.1. The van der Waals surface area contributed by atoms with Crippen LogP contribution in [0.1, 0.15) is 30.4 Å². The molecule has 0 saturated carbocycles. The van der Waals surface area contributed by atoms with Crippen molar-refractivity contribution in [3.63, 3.8) is 0 Å². The van der Waals surface area contributed by atoms with Gasteiger partial charge in [-0.05, 0) is 36.5 Å². The van der Waals surface area contributed by atoms with Gasteiger partial charge in [-0.15, -0.1) is 10.2 Å². The molecule has 2 saturated heterocycles. The van der Waals surface area contributed by atoms with E-state index in [9.17, 15) is 9.59 Å². The number of piperidine rings is 1. The molecule has 0 aliphatic carbocycles. The van der Waals surface area contributed by atoms with Gasteiger partial charge in [-0.2, -0.15) is 4.99 Å². The fraction of sp³-hybridized carbons (Fsp3) is 0.478. The molecule has 2 amide bonds. The van der Waals surface area contributed by atoms with Gasteiger partial charge in [0.1, 0.15) is 5.75 Å². The predicted molar refractivity (Wildman–Crippen MR) is 144 cm³/mol. The molecule has 1 atom stereocenters. The molecule has 4 heterocycles. The fourth-order valence-electron chi connectivity index (χ4n) is 5.19. The summed E-state index contributed by atoms with van der Waals surface area (Å²) in [6.07, 6.45) is 3.32. The third-order valence-electron chi connectivity index (χ3n) is 7.30. The van der Waals surface area contributed by atoms with Gasteiger partial charge in [0.2, 0.25) is 17.7 Å². The minimum atomic E-state index is -1.19. The number of halogens is 1. The standard InChI is InChI=1S/C23H30ClN13O3/c24-18-20(33-35-26)29-19(32-34-25)17(28-18)21(39)30-22-31-23(12-37(22)27)6-8-36(9-7-23)16(38)4-2-13-1-3-15-14(11-13)5-10-40-15/h1,3,11,17,28H,2,4-10,12,27H2,(H2,26,33)(H2,25,29,32)(H,30,31,39). The minimum absolute atomic E-state index is 0.0774. The van der Waals surface area contributed by atoms with Crippen LogP contribution < -0.4 is 32.9 Å². The Morgan fingerprint density at radius 2 is 1.98 bits per heavy atom. The molecule has 0 aromatic heterocycles. The SMILES string of the molecule is NN=NC1=NC(N=NN)=C(Cl)NC1C(=O)/N=C1/NC2(CCN(C(=O)CCc3ccc4c(c3)CCO4)CC2)CN1N. The van der Waals surface area contributed by atoms with E-state index in [-0.39, 0.29) is 28.7 Å². The number of fused-ring (bicyclic) bond motifs is 1. The molecule has 16 nitrogen and oxygen atoms in total. The molecule has 1 aromatic carbocycles. The number of carbonyl (C=O) groups is 2. The van der Waals surface area contributed by atoms with Gasteiger partial charge in [-0.25, -0.2) is 10.8 Å². The highest BCUT2D eigenvalue weighted by Crippen LogP contribution is 2.29. The van der Waals surface area contributed by atoms with E-state index in [1.165, 1.54) is 10.6 Å². The van der Waals surface area contributed by atoms with E-state index in [1.54, 1.807) is 0 Å². The van der Waals surface area contributed by atoms with Crippen LogP contribution in [-0.2, 0) is 22.4 Å². The number of benzene rings is 1. The van der Waals surface area contributed by atoms with Crippen LogP contribution >= 0.6 is 11.6 Å². The van der Waals surface area contributed by atoms with E-state index >= 15 is 0 Å². The summed E-state index contributed by atoms with van der Waals surface area (Å²) < 4.78 is 5.56. The summed E-state index contributed by atoms with van der Waals surface area (Å²) in [6, 6.07) is 4.95. The monoisotopic (exact) mass is 571 g/mol. The molecule has 2 fully saturated rings. The van der Waals surface area contributed by atoms with Crippen LogP contribution in [0.3, 0.4) is 0 Å². The number of nitrogens with two attached hydrogens (primary N) is 3. The van der Waals surface area contributed by atoms with E-state index in [2.05, 4.69) is 47.4 Å². The maximum Gasteiger partial charge on any atom is 0.279 e. The number of guanidine groups is 1. The van der Waals surface area contributed by atoms with Crippen molar-refractivity contribution in [1.29, 1.82) is 0 Å². The first-order chi connectivity index (χ1) is 19.3. The van der Waals surface area contributed by atoms with Crippen molar-refractivity contribution in [1.82, 2.24) is 20.5 Å². The van der Waals surface area contributed by atoms with Gasteiger partial charge in [0.15, 0.2) is 17.0 Å². The van der Waals surface area contributed by atoms with Crippen LogP contribution in [0, 0.1) is 0 Å². The quantitative estimate of drug-likeness (QED) is 0.138. The zero-order valence-electron chi connectivity index (χ0n) is 21.6. The molecule has 1 aromatic rings. The number of aliphatic imine (C=N–C) groups is 2. The van der Waals surface area contributed by atoms with Gasteiger partial charge in [-0.3, -0.25) is 14.6 Å². The maximum atomic E-state index is 13.0. The lowest BCUT2D eigenvalue weighted by molar-refractivity contribution is -0.132. The molecule has 40 heavy (non-hydrogen) atoms. The van der Waals surface area contributed by atoms with Crippen molar-refractivity contribution in [3.05, 3.63) is 40.3 Å². The smallest absolute Gasteiger partial charge is 0.279 e. The van der Waals surface area contributed by atoms with Gasteiger partial charge in [-0.1, -0.05) is 34.2 Å². The Bertz CT molecular complexity index is 1330. The number of hydrogen-bond acceptors (Lipinski definition) is 10. The Kier molecular flexibility index (Phi) is 7.79. The second-order valence-corrected chi connectivity index (χ2v) is 10.2. The Labute approximate surface area is 234 Å². The Balaban J connectivity index is 1.17. The molecule has 1 spiro atoms. The second-order valence-electron chi connectivity index (χ2n) is 9.84. The number of hydrogen-bond donors (Lipinski definition) is 5. The number of nitrogens with one attached hydrogen (secondary N) is 2. The number of aryl methyl sites for hydroxylation is 1. The Hall–Kier alpha value is -4.31. The van der Waals surface area contributed by atoms with Crippen molar-refractivity contribution < 1.29 is 14.3 Å². The van der Waals surface area contributed by atoms with Crippen molar-refractivity contribution >= 4 is 35.2 Å². The number of amidine groups is 1. The average molecular weight is 572 g/mol. The largest absolute Gasteiger partial charge is 0.493 e. The van der Waals surface area contributed by atoms with E-state index in [0.29, 0.717) is 51.9 Å². The molecular formula is C23H30ClN13O3. The summed E-state index contributed by atoms with van der Waals surface area (Å²) >= 11 is 6.11. The molecule has 0 bridgehead atoms. The fourth-order valence-corrected chi connectivity index (χ4v) is 5.38. The lowest BCUT2D eigenvalue weighted by Gasteiger charge is -2.38. The highest BCUT2D eigenvalue weighted by molar-refractivity contribution is 6.30. The van der Waals surface area contributed by atoms with Gasteiger partial charge < -0.3 is 32.0 Å². The molecule has 4 aliphatic heterocycles. The van der Waals surface area contributed by atoms with E-state index < -0.39 is 17.5 Å². The van der Waals surface area contributed by atoms with Crippen molar-refractivity contribution in [2.24, 2.45) is 48.2 Å². The molecule has 0 radical (unpaired) electrons. The van der Waals surface area contributed by atoms with Crippen LogP contribution in [-0.4, -0.2) is 71.3 Å². The van der Waals surface area contributed by atoms with Crippen LogP contribution in [0.2, 0.25) is 0 Å². The number of hydrazine groups is 1. The predicted octanol–water partition coefficient (Wildman–Crippen LogP) is -0.0357. The summed E-state index contributed by atoms with van der Waals surface area (Å²) in [4.78, 5) is 36.0. The average Bonchev–Trinajstić information content (AvgIpc) is 3.53. The van der Waals surface area contributed by atoms with Gasteiger partial charge in [0.25, 0.3) is 5.91 Å². The second kappa shape index (κ2) is 11.4. The summed E-state index contributed by atoms with van der Waals surface area (Å²) in [5.74, 6) is 16.7. The number of amides is 2. The molecule has 1 unspecified atom stereocenters. The van der Waals surface area contributed by atoms with Crippen LogP contribution in [0.4, 0.5) is 0 Å². The highest BCUT2D eigenvalue weighted by atomic mass is 35.5. The van der Waals surface area contributed by atoms with Gasteiger partial charge in [0.05, 0.1) is 18.7 Å². The summed E-state index contributed by atoms with van der Waals surface area (Å²) in [6.45, 7) is 2.26. The molecule has 8 N–H and O–H groups in total. The molecule has 17 heteroatoms. The van der Waals surface area contributed by atoms with Crippen molar-refractivity contribution in [2.45, 2.75) is 43.7 Å². The minimum Gasteiger partial charge on any atom is -0.493 e. The Morgan fingerprint density at radius 1 is 1.20 bits per heavy atom. The van der Waals surface area contributed by atoms with Gasteiger partial charge in [0, 0.05) is 25.9 Å². The number of rotatable bonds is 5. The molecule has 5 rings (SSSR count). The van der Waals surface area contributed by atoms with Crippen LogP contribution in [0.25, 0.3) is 0 Å². The van der Waals surface area contributed by atoms with E-state index in [1.807, 2.05) is 17.0 Å². The molecule has 4 aliphatic rings. The number of nitrogens with zero attached hydrogens (tertiary/aromatic N) is 8. The number of ether oxygens (including phenoxy) is 1. The summed E-state index contributed by atoms with van der Waals surface area (Å²) in [7, 11) is 0. The van der Waals surface area contributed by atoms with E-state index in [4.69, 9.17) is 33.9 Å². The molecular weight excluding hydrogens is 542 g/mol. The van der Waals surface area contributed by atoms with Gasteiger partial charge >= 0.3 is 0 Å². The third-order valence-corrected chi connectivity index (χ3v) is 7.58. The summed E-state index contributed by atoms with van der Waals surface area (Å²) in [5.41, 5.74) is 1.91. The zero-order chi connectivity index (χ0) is 28.3. The zero-order valence-corrected chi connectivity index (χ0v) is 22.3. The topological polar surface area (TPSA) is 226 Å². The van der Waals surface area contributed by atoms with Crippen LogP contribution in [0.5, 0.6) is 5.75 Å².